The van der Waals surface area contributed by atoms with E-state index in [9.17, 15) is 14.4 Å². The molecule has 1 atom stereocenters. The Kier molecular flexibility index (Phi) is 4.50. The molecule has 1 aliphatic heterocycles. The second-order valence-corrected chi connectivity index (χ2v) is 3.06. The molecule has 0 aromatic rings. The van der Waals surface area contributed by atoms with Crippen molar-refractivity contribution in [3.63, 3.8) is 0 Å². The van der Waals surface area contributed by atoms with E-state index < -0.39 is 24.0 Å². The summed E-state index contributed by atoms with van der Waals surface area (Å²) in [7, 11) is 0. The Morgan fingerprint density at radius 1 is 1.56 bits per heavy atom. The zero-order chi connectivity index (χ0) is 12.0. The van der Waals surface area contributed by atoms with Crippen molar-refractivity contribution >= 4 is 17.9 Å². The zero-order valence-electron chi connectivity index (χ0n) is 8.64. The number of esters is 3. The van der Waals surface area contributed by atoms with Crippen LogP contribution < -0.4 is 0 Å². The molecule has 1 saturated heterocycles. The molecule has 1 unspecified atom stereocenters. The van der Waals surface area contributed by atoms with Crippen molar-refractivity contribution in [3.8, 4) is 0 Å². The third kappa shape index (κ3) is 3.72. The first-order chi connectivity index (χ1) is 7.63. The first-order valence-electron chi connectivity index (χ1n) is 4.79. The van der Waals surface area contributed by atoms with Crippen LogP contribution in [-0.2, 0) is 28.6 Å². The van der Waals surface area contributed by atoms with Crippen LogP contribution in [0.2, 0.25) is 0 Å². The van der Waals surface area contributed by atoms with Gasteiger partial charge in [0.15, 0.2) is 0 Å². The smallest absolute Gasteiger partial charge is 0.347 e. The van der Waals surface area contributed by atoms with Crippen LogP contribution in [0.4, 0.5) is 0 Å². The predicted molar refractivity (Wildman–Crippen MR) is 51.2 cm³/mol. The summed E-state index contributed by atoms with van der Waals surface area (Å²) in [4.78, 5) is 32.7. The average Bonchev–Trinajstić information content (AvgIpc) is 2.64. The largest absolute Gasteiger partial charge is 0.463 e. The standard InChI is InChI=1S/C10H12O6/c1-2-8(11)14-6-4-9(12)16-7-3-5-15-10(7)13/h2,7H,1,3-6H2. The summed E-state index contributed by atoms with van der Waals surface area (Å²) in [5.41, 5.74) is 0. The van der Waals surface area contributed by atoms with E-state index in [1.54, 1.807) is 0 Å². The Balaban J connectivity index is 2.18. The van der Waals surface area contributed by atoms with Gasteiger partial charge < -0.3 is 14.2 Å². The van der Waals surface area contributed by atoms with Crippen molar-refractivity contribution in [1.29, 1.82) is 0 Å². The summed E-state index contributed by atoms with van der Waals surface area (Å²) in [5.74, 6) is -1.73. The normalized spacial score (nSPS) is 18.8. The first kappa shape index (κ1) is 12.2. The summed E-state index contributed by atoms with van der Waals surface area (Å²) in [6.45, 7) is 3.37. The van der Waals surface area contributed by atoms with Crippen LogP contribution in [0.25, 0.3) is 0 Å². The Labute approximate surface area is 92.2 Å². The highest BCUT2D eigenvalue weighted by atomic mass is 16.6. The van der Waals surface area contributed by atoms with Gasteiger partial charge in [0.05, 0.1) is 13.0 Å². The van der Waals surface area contributed by atoms with Gasteiger partial charge in [0, 0.05) is 12.5 Å². The zero-order valence-corrected chi connectivity index (χ0v) is 8.64. The van der Waals surface area contributed by atoms with Crippen LogP contribution in [0.1, 0.15) is 12.8 Å². The van der Waals surface area contributed by atoms with E-state index in [-0.39, 0.29) is 19.6 Å². The highest BCUT2D eigenvalue weighted by Gasteiger charge is 2.29. The van der Waals surface area contributed by atoms with Crippen LogP contribution in [0.15, 0.2) is 12.7 Å². The third-order valence-corrected chi connectivity index (χ3v) is 1.88. The van der Waals surface area contributed by atoms with Crippen molar-refractivity contribution in [2.75, 3.05) is 13.2 Å². The lowest BCUT2D eigenvalue weighted by Gasteiger charge is -2.07. The maximum atomic E-state index is 11.2. The molecule has 0 saturated carbocycles. The number of cyclic esters (lactones) is 1. The van der Waals surface area contributed by atoms with Gasteiger partial charge in [-0.1, -0.05) is 6.58 Å². The molecule has 0 amide bonds. The van der Waals surface area contributed by atoms with Gasteiger partial charge in [0.2, 0.25) is 6.10 Å². The number of ether oxygens (including phenoxy) is 3. The fraction of sp³-hybridized carbons (Fsp3) is 0.500. The second kappa shape index (κ2) is 5.89. The molecule has 0 aromatic heterocycles. The fourth-order valence-electron chi connectivity index (χ4n) is 1.10. The van der Waals surface area contributed by atoms with Gasteiger partial charge in [0.25, 0.3) is 0 Å². The molecule has 1 aliphatic rings. The molecule has 0 N–H and O–H groups in total. The van der Waals surface area contributed by atoms with E-state index in [0.29, 0.717) is 6.42 Å². The van der Waals surface area contributed by atoms with E-state index >= 15 is 0 Å². The average molecular weight is 228 g/mol. The van der Waals surface area contributed by atoms with Gasteiger partial charge in [-0.25, -0.2) is 9.59 Å². The quantitative estimate of drug-likeness (QED) is 0.373. The number of hydrogen-bond donors (Lipinski definition) is 0. The van der Waals surface area contributed by atoms with E-state index in [4.69, 9.17) is 4.74 Å². The summed E-state index contributed by atoms with van der Waals surface area (Å²) in [6, 6.07) is 0. The van der Waals surface area contributed by atoms with Gasteiger partial charge in [-0.15, -0.1) is 0 Å². The predicted octanol–water partition coefficient (Wildman–Crippen LogP) is -0.0356. The van der Waals surface area contributed by atoms with Gasteiger partial charge >= 0.3 is 17.9 Å². The van der Waals surface area contributed by atoms with E-state index in [2.05, 4.69) is 16.1 Å². The third-order valence-electron chi connectivity index (χ3n) is 1.88. The minimum absolute atomic E-state index is 0.0918. The molecule has 0 radical (unpaired) electrons. The van der Waals surface area contributed by atoms with Crippen molar-refractivity contribution in [2.45, 2.75) is 18.9 Å². The molecule has 6 nitrogen and oxygen atoms in total. The topological polar surface area (TPSA) is 78.9 Å². The van der Waals surface area contributed by atoms with Gasteiger partial charge in [-0.05, 0) is 0 Å². The minimum Gasteiger partial charge on any atom is -0.463 e. The lowest BCUT2D eigenvalue weighted by molar-refractivity contribution is -0.161. The van der Waals surface area contributed by atoms with E-state index in [1.807, 2.05) is 0 Å². The Bertz CT molecular complexity index is 308. The van der Waals surface area contributed by atoms with Crippen LogP contribution in [0.3, 0.4) is 0 Å². The summed E-state index contributed by atoms with van der Waals surface area (Å²) >= 11 is 0. The van der Waals surface area contributed by atoms with Crippen molar-refractivity contribution in [3.05, 3.63) is 12.7 Å². The monoisotopic (exact) mass is 228 g/mol. The fourth-order valence-corrected chi connectivity index (χ4v) is 1.10. The van der Waals surface area contributed by atoms with E-state index in [0.717, 1.165) is 6.08 Å². The van der Waals surface area contributed by atoms with Gasteiger partial charge in [-0.2, -0.15) is 0 Å². The van der Waals surface area contributed by atoms with Crippen molar-refractivity contribution in [1.82, 2.24) is 0 Å². The molecule has 6 heteroatoms. The number of carbonyl (C=O) groups excluding carboxylic acids is 3. The maximum absolute atomic E-state index is 11.2. The second-order valence-electron chi connectivity index (χ2n) is 3.06. The summed E-state index contributed by atoms with van der Waals surface area (Å²) in [6.07, 6.45) is 0.461. The highest BCUT2D eigenvalue weighted by molar-refractivity contribution is 5.82. The molecular weight excluding hydrogens is 216 g/mol. The Hall–Kier alpha value is -1.85. The Morgan fingerprint density at radius 2 is 2.31 bits per heavy atom. The number of carbonyl (C=O) groups is 3. The van der Waals surface area contributed by atoms with Crippen LogP contribution in [-0.4, -0.2) is 37.2 Å². The molecule has 1 fully saturated rings. The number of rotatable bonds is 5. The highest BCUT2D eigenvalue weighted by Crippen LogP contribution is 2.10. The van der Waals surface area contributed by atoms with Crippen LogP contribution in [0.5, 0.6) is 0 Å². The maximum Gasteiger partial charge on any atom is 0.347 e. The van der Waals surface area contributed by atoms with Crippen molar-refractivity contribution < 1.29 is 28.6 Å². The lowest BCUT2D eigenvalue weighted by atomic mass is 10.3. The molecular formula is C10H12O6. The summed E-state index contributed by atoms with van der Waals surface area (Å²) in [5, 5.41) is 0. The molecule has 88 valence electrons. The SMILES string of the molecule is C=CC(=O)OCCC(=O)OC1CCOC1=O. The molecule has 0 aromatic carbocycles. The first-order valence-corrected chi connectivity index (χ1v) is 4.79. The molecule has 0 bridgehead atoms. The van der Waals surface area contributed by atoms with Gasteiger partial charge in [0.1, 0.15) is 6.61 Å². The molecule has 0 spiro atoms. The Morgan fingerprint density at radius 3 is 2.88 bits per heavy atom. The van der Waals surface area contributed by atoms with Crippen LogP contribution >= 0.6 is 0 Å². The lowest BCUT2D eigenvalue weighted by Crippen LogP contribution is -2.23. The molecule has 0 aliphatic carbocycles. The molecule has 1 rings (SSSR count). The molecule has 1 heterocycles. The van der Waals surface area contributed by atoms with Gasteiger partial charge in [-0.3, -0.25) is 4.79 Å². The molecule has 16 heavy (non-hydrogen) atoms. The van der Waals surface area contributed by atoms with Crippen molar-refractivity contribution in [2.24, 2.45) is 0 Å². The van der Waals surface area contributed by atoms with E-state index in [1.165, 1.54) is 0 Å². The van der Waals surface area contributed by atoms with Crippen LogP contribution in [0, 0.1) is 0 Å². The number of hydrogen-bond acceptors (Lipinski definition) is 6. The minimum atomic E-state index is -0.817. The summed E-state index contributed by atoms with van der Waals surface area (Å²) < 4.78 is 14.0.